The summed E-state index contributed by atoms with van der Waals surface area (Å²) in [5.74, 6) is -0.355. The third-order valence-electron chi connectivity index (χ3n) is 3.50. The summed E-state index contributed by atoms with van der Waals surface area (Å²) < 4.78 is 0. The molecule has 0 bridgehead atoms. The molecule has 0 spiro atoms. The first-order chi connectivity index (χ1) is 10.9. The van der Waals surface area contributed by atoms with Crippen molar-refractivity contribution in [2.75, 3.05) is 0 Å². The van der Waals surface area contributed by atoms with Crippen LogP contribution in [-0.4, -0.2) is 16.8 Å². The predicted octanol–water partition coefficient (Wildman–Crippen LogP) is 4.18. The number of hydrogen-bond donors (Lipinski definition) is 1. The molecule has 0 aromatic heterocycles. The molecule has 1 unspecified atom stereocenters. The number of benzene rings is 1. The maximum Gasteiger partial charge on any atom is 0.329 e. The highest BCUT2D eigenvalue weighted by atomic mass is 35.5. The fourth-order valence-electron chi connectivity index (χ4n) is 2.52. The summed E-state index contributed by atoms with van der Waals surface area (Å²) in [6.07, 6.45) is 0.798. The lowest BCUT2D eigenvalue weighted by atomic mass is 9.94. The Bertz CT molecular complexity index is 717. The quantitative estimate of drug-likeness (QED) is 0.887. The number of nitrogens with zero attached hydrogens (tertiary/aromatic N) is 2. The summed E-state index contributed by atoms with van der Waals surface area (Å²) in [7, 11) is 0. The van der Waals surface area contributed by atoms with Gasteiger partial charge in [-0.1, -0.05) is 30.1 Å². The van der Waals surface area contributed by atoms with Gasteiger partial charge in [0, 0.05) is 22.2 Å². The van der Waals surface area contributed by atoms with Crippen molar-refractivity contribution >= 4 is 35.1 Å². The Morgan fingerprint density at radius 3 is 2.48 bits per heavy atom. The second kappa shape index (κ2) is 7.03. The van der Waals surface area contributed by atoms with E-state index in [9.17, 15) is 14.9 Å². The number of urea groups is 1. The van der Waals surface area contributed by atoms with E-state index in [-0.39, 0.29) is 17.9 Å². The Morgan fingerprint density at radius 1 is 1.35 bits per heavy atom. The van der Waals surface area contributed by atoms with Crippen LogP contribution in [0, 0.1) is 11.3 Å². The van der Waals surface area contributed by atoms with Crippen molar-refractivity contribution in [2.24, 2.45) is 0 Å². The van der Waals surface area contributed by atoms with Crippen molar-refractivity contribution in [1.82, 2.24) is 10.2 Å². The van der Waals surface area contributed by atoms with Crippen LogP contribution in [0.4, 0.5) is 4.79 Å². The molecule has 7 heteroatoms. The minimum Gasteiger partial charge on any atom is -0.310 e. The minimum atomic E-state index is -0.830. The van der Waals surface area contributed by atoms with Gasteiger partial charge in [0.1, 0.15) is 6.04 Å². The lowest BCUT2D eigenvalue weighted by molar-refractivity contribution is -0.129. The zero-order valence-corrected chi connectivity index (χ0v) is 14.2. The van der Waals surface area contributed by atoms with E-state index in [4.69, 9.17) is 23.2 Å². The van der Waals surface area contributed by atoms with Gasteiger partial charge in [-0.25, -0.2) is 4.79 Å². The Morgan fingerprint density at radius 2 is 1.96 bits per heavy atom. The summed E-state index contributed by atoms with van der Waals surface area (Å²) in [5, 5.41) is 12.8. The third-order valence-corrected chi connectivity index (χ3v) is 3.94. The molecule has 1 aromatic rings. The van der Waals surface area contributed by atoms with Crippen LogP contribution >= 0.6 is 23.2 Å². The molecule has 0 saturated heterocycles. The molecule has 0 radical (unpaired) electrons. The van der Waals surface area contributed by atoms with Gasteiger partial charge in [-0.3, -0.25) is 9.69 Å². The van der Waals surface area contributed by atoms with Crippen LogP contribution in [0.2, 0.25) is 10.0 Å². The van der Waals surface area contributed by atoms with Crippen molar-refractivity contribution in [3.8, 4) is 6.07 Å². The van der Waals surface area contributed by atoms with E-state index in [0.717, 1.165) is 4.90 Å². The summed E-state index contributed by atoms with van der Waals surface area (Å²) in [4.78, 5) is 25.8. The molecule has 0 saturated carbocycles. The first-order valence-electron chi connectivity index (χ1n) is 7.09. The molecule has 1 heterocycles. The van der Waals surface area contributed by atoms with Gasteiger partial charge in [0.2, 0.25) is 5.91 Å². The number of hydrogen-bond acceptors (Lipinski definition) is 3. The molecule has 23 heavy (non-hydrogen) atoms. The SMILES string of the molecule is CCCC(=O)N1C(=O)NC(C)=C(C#N)C1c1cc(Cl)cc(Cl)c1. The number of rotatable bonds is 3. The molecule has 0 aliphatic carbocycles. The smallest absolute Gasteiger partial charge is 0.310 e. The van der Waals surface area contributed by atoms with Crippen LogP contribution in [0.1, 0.15) is 38.3 Å². The maximum absolute atomic E-state index is 12.4. The highest BCUT2D eigenvalue weighted by Gasteiger charge is 2.38. The van der Waals surface area contributed by atoms with E-state index in [2.05, 4.69) is 11.4 Å². The fourth-order valence-corrected chi connectivity index (χ4v) is 3.07. The molecular weight excluding hydrogens is 337 g/mol. The highest BCUT2D eigenvalue weighted by molar-refractivity contribution is 6.34. The van der Waals surface area contributed by atoms with Gasteiger partial charge in [0.25, 0.3) is 0 Å². The first-order valence-corrected chi connectivity index (χ1v) is 7.84. The molecule has 3 amide bonds. The van der Waals surface area contributed by atoms with Gasteiger partial charge < -0.3 is 5.32 Å². The monoisotopic (exact) mass is 351 g/mol. The molecule has 1 atom stereocenters. The van der Waals surface area contributed by atoms with E-state index >= 15 is 0 Å². The topological polar surface area (TPSA) is 73.2 Å². The Kier molecular flexibility index (Phi) is 5.30. The van der Waals surface area contributed by atoms with Gasteiger partial charge in [0.15, 0.2) is 0 Å². The Hall–Kier alpha value is -2.03. The molecule has 2 rings (SSSR count). The van der Waals surface area contributed by atoms with Crippen LogP contribution < -0.4 is 5.32 Å². The zero-order valence-electron chi connectivity index (χ0n) is 12.7. The van der Waals surface area contributed by atoms with E-state index < -0.39 is 12.1 Å². The van der Waals surface area contributed by atoms with E-state index in [1.165, 1.54) is 0 Å². The number of imide groups is 1. The van der Waals surface area contributed by atoms with Gasteiger partial charge in [-0.15, -0.1) is 0 Å². The number of carbonyl (C=O) groups excluding carboxylic acids is 2. The molecule has 1 aliphatic rings. The van der Waals surface area contributed by atoms with Gasteiger partial charge in [-0.05, 0) is 37.1 Å². The van der Waals surface area contributed by atoms with E-state index in [0.29, 0.717) is 27.7 Å². The van der Waals surface area contributed by atoms with E-state index in [1.807, 2.05) is 6.92 Å². The Balaban J connectivity index is 2.63. The largest absolute Gasteiger partial charge is 0.329 e. The van der Waals surface area contributed by atoms with Gasteiger partial charge in [-0.2, -0.15) is 5.26 Å². The zero-order chi connectivity index (χ0) is 17.1. The molecule has 5 nitrogen and oxygen atoms in total. The molecule has 1 N–H and O–H groups in total. The second-order valence-corrected chi connectivity index (χ2v) is 6.07. The maximum atomic E-state index is 12.4. The van der Waals surface area contributed by atoms with Crippen LogP contribution in [-0.2, 0) is 4.79 Å². The molecule has 1 aromatic carbocycles. The number of nitrogens with one attached hydrogen (secondary N) is 1. The van der Waals surface area contributed by atoms with Crippen LogP contribution in [0.5, 0.6) is 0 Å². The molecular formula is C16H15Cl2N3O2. The predicted molar refractivity (Wildman–Crippen MR) is 87.8 cm³/mol. The number of amides is 3. The van der Waals surface area contributed by atoms with Gasteiger partial charge in [0.05, 0.1) is 11.6 Å². The highest BCUT2D eigenvalue weighted by Crippen LogP contribution is 2.36. The summed E-state index contributed by atoms with van der Waals surface area (Å²) in [5.41, 5.74) is 1.23. The van der Waals surface area contributed by atoms with Crippen molar-refractivity contribution < 1.29 is 9.59 Å². The number of carbonyl (C=O) groups is 2. The van der Waals surface area contributed by atoms with Crippen molar-refractivity contribution in [2.45, 2.75) is 32.7 Å². The van der Waals surface area contributed by atoms with Crippen molar-refractivity contribution in [1.29, 1.82) is 5.26 Å². The first kappa shape index (κ1) is 17.3. The molecule has 1 aliphatic heterocycles. The lowest BCUT2D eigenvalue weighted by Gasteiger charge is -2.35. The molecule has 0 fully saturated rings. The molecule has 120 valence electrons. The van der Waals surface area contributed by atoms with E-state index in [1.54, 1.807) is 25.1 Å². The standard InChI is InChI=1S/C16H15Cl2N3O2/c1-3-4-14(22)21-15(10-5-11(17)7-12(18)6-10)13(8-19)9(2)20-16(21)23/h5-7,15H,3-4H2,1-2H3,(H,20,23). The van der Waals surface area contributed by atoms with Crippen LogP contribution in [0.15, 0.2) is 29.5 Å². The Labute approximate surface area is 144 Å². The van der Waals surface area contributed by atoms with Crippen molar-refractivity contribution in [3.05, 3.63) is 45.1 Å². The average molecular weight is 352 g/mol. The van der Waals surface area contributed by atoms with Crippen LogP contribution in [0.3, 0.4) is 0 Å². The third kappa shape index (κ3) is 3.49. The number of nitriles is 1. The second-order valence-electron chi connectivity index (χ2n) is 5.20. The summed E-state index contributed by atoms with van der Waals surface area (Å²) in [6, 6.07) is 5.45. The number of allylic oxidation sites excluding steroid dienone is 1. The van der Waals surface area contributed by atoms with Gasteiger partial charge >= 0.3 is 6.03 Å². The van der Waals surface area contributed by atoms with Crippen LogP contribution in [0.25, 0.3) is 0 Å². The fraction of sp³-hybridized carbons (Fsp3) is 0.312. The minimum absolute atomic E-state index is 0.204. The number of halogens is 2. The average Bonchev–Trinajstić information content (AvgIpc) is 2.45. The summed E-state index contributed by atoms with van der Waals surface area (Å²) in [6.45, 7) is 3.47. The van der Waals surface area contributed by atoms with Crippen molar-refractivity contribution in [3.63, 3.8) is 0 Å². The lowest BCUT2D eigenvalue weighted by Crippen LogP contribution is -2.49. The normalized spacial score (nSPS) is 17.8. The summed E-state index contributed by atoms with van der Waals surface area (Å²) >= 11 is 12.1.